The quantitative estimate of drug-likeness (QED) is 0.766. The van der Waals surface area contributed by atoms with Crippen molar-refractivity contribution in [2.45, 2.75) is 57.4 Å². The van der Waals surface area contributed by atoms with Crippen LogP contribution in [0.3, 0.4) is 0 Å². The third kappa shape index (κ3) is 3.69. The Hall–Kier alpha value is -0.610. The summed E-state index contributed by atoms with van der Waals surface area (Å²) in [6.07, 6.45) is 8.81. The largest absolute Gasteiger partial charge is 0.368 e. The Morgan fingerprint density at radius 1 is 1.21 bits per heavy atom. The molecule has 2 fully saturated rings. The van der Waals surface area contributed by atoms with E-state index in [1.165, 1.54) is 32.1 Å². The number of hydrogen-bond acceptors (Lipinski definition) is 3. The molecule has 4 heteroatoms. The molecule has 0 radical (unpaired) electrons. The molecule has 1 aliphatic heterocycles. The van der Waals surface area contributed by atoms with Crippen LogP contribution in [-0.4, -0.2) is 42.5 Å². The van der Waals surface area contributed by atoms with Gasteiger partial charge in [-0.2, -0.15) is 0 Å². The second-order valence-electron chi connectivity index (χ2n) is 6.18. The minimum absolute atomic E-state index is 0.154. The summed E-state index contributed by atoms with van der Waals surface area (Å²) in [5, 5.41) is 3.42. The lowest BCUT2D eigenvalue weighted by atomic mass is 9.90. The molecule has 110 valence electrons. The van der Waals surface area contributed by atoms with Gasteiger partial charge in [-0.25, -0.2) is 0 Å². The number of likely N-dealkylation sites (tertiary alicyclic amines) is 1. The highest BCUT2D eigenvalue weighted by Gasteiger charge is 2.50. The van der Waals surface area contributed by atoms with E-state index in [4.69, 9.17) is 5.73 Å². The standard InChI is InChI=1S/C15H29N3O/c1-2-17-15(14(16)19,13-8-9-13)12-18-10-6-4-3-5-7-11-18/h13,17H,2-12H2,1H3,(H2,16,19). The van der Waals surface area contributed by atoms with Gasteiger partial charge in [-0.3, -0.25) is 4.79 Å². The van der Waals surface area contributed by atoms with Crippen molar-refractivity contribution in [3.63, 3.8) is 0 Å². The average Bonchev–Trinajstić information content (AvgIpc) is 3.15. The van der Waals surface area contributed by atoms with Crippen molar-refractivity contribution in [1.82, 2.24) is 10.2 Å². The van der Waals surface area contributed by atoms with E-state index in [1.807, 2.05) is 0 Å². The van der Waals surface area contributed by atoms with Crippen molar-refractivity contribution in [2.75, 3.05) is 26.2 Å². The van der Waals surface area contributed by atoms with Gasteiger partial charge < -0.3 is 16.0 Å². The van der Waals surface area contributed by atoms with E-state index in [2.05, 4.69) is 17.1 Å². The molecule has 0 aromatic rings. The number of nitrogens with two attached hydrogens (primary N) is 1. The summed E-state index contributed by atoms with van der Waals surface area (Å²) in [5.41, 5.74) is 5.28. The number of likely N-dealkylation sites (N-methyl/N-ethyl adjacent to an activating group) is 1. The van der Waals surface area contributed by atoms with Gasteiger partial charge in [0.05, 0.1) is 0 Å². The molecule has 0 aromatic heterocycles. The Bertz CT molecular complexity index is 296. The maximum atomic E-state index is 12.1. The fraction of sp³-hybridized carbons (Fsp3) is 0.933. The fourth-order valence-electron chi connectivity index (χ4n) is 3.41. The van der Waals surface area contributed by atoms with Crippen LogP contribution in [0.25, 0.3) is 0 Å². The lowest BCUT2D eigenvalue weighted by Gasteiger charge is -2.37. The smallest absolute Gasteiger partial charge is 0.239 e. The first kappa shape index (κ1) is 14.8. The summed E-state index contributed by atoms with van der Waals surface area (Å²) in [6.45, 7) is 5.92. The number of nitrogens with one attached hydrogen (secondary N) is 1. The van der Waals surface area contributed by atoms with Crippen LogP contribution in [0.1, 0.15) is 51.9 Å². The molecule has 19 heavy (non-hydrogen) atoms. The summed E-state index contributed by atoms with van der Waals surface area (Å²) < 4.78 is 0. The van der Waals surface area contributed by atoms with E-state index < -0.39 is 5.54 Å². The Morgan fingerprint density at radius 2 is 1.79 bits per heavy atom. The van der Waals surface area contributed by atoms with Gasteiger partial charge >= 0.3 is 0 Å². The molecule has 2 rings (SSSR count). The molecule has 0 aromatic carbocycles. The zero-order valence-electron chi connectivity index (χ0n) is 12.3. The molecule has 1 saturated carbocycles. The van der Waals surface area contributed by atoms with E-state index in [1.54, 1.807) is 0 Å². The molecule has 1 aliphatic carbocycles. The summed E-state index contributed by atoms with van der Waals surface area (Å²) >= 11 is 0. The number of nitrogens with zero attached hydrogens (tertiary/aromatic N) is 1. The zero-order chi connectivity index (χ0) is 13.7. The molecule has 1 heterocycles. The molecule has 3 N–H and O–H groups in total. The molecular formula is C15H29N3O. The van der Waals surface area contributed by atoms with Crippen LogP contribution in [0.15, 0.2) is 0 Å². The number of rotatable bonds is 6. The maximum Gasteiger partial charge on any atom is 0.239 e. The highest BCUT2D eigenvalue weighted by Crippen LogP contribution is 2.40. The number of hydrogen-bond donors (Lipinski definition) is 2. The van der Waals surface area contributed by atoms with E-state index in [0.717, 1.165) is 39.0 Å². The molecule has 0 spiro atoms. The Balaban J connectivity index is 2.02. The first-order valence-corrected chi connectivity index (χ1v) is 7.96. The van der Waals surface area contributed by atoms with E-state index >= 15 is 0 Å². The van der Waals surface area contributed by atoms with E-state index in [-0.39, 0.29) is 5.91 Å². The fourth-order valence-corrected chi connectivity index (χ4v) is 3.41. The molecule has 1 amide bonds. The first-order chi connectivity index (χ1) is 9.19. The predicted molar refractivity (Wildman–Crippen MR) is 77.9 cm³/mol. The third-order valence-electron chi connectivity index (χ3n) is 4.63. The molecule has 4 nitrogen and oxygen atoms in total. The molecule has 2 aliphatic rings. The van der Waals surface area contributed by atoms with Gasteiger partial charge in [0.1, 0.15) is 5.54 Å². The van der Waals surface area contributed by atoms with Crippen molar-refractivity contribution in [1.29, 1.82) is 0 Å². The normalized spacial score (nSPS) is 25.3. The SMILES string of the molecule is CCNC(CN1CCCCCCC1)(C(N)=O)C1CC1. The van der Waals surface area contributed by atoms with Crippen molar-refractivity contribution >= 4 is 5.91 Å². The van der Waals surface area contributed by atoms with Crippen molar-refractivity contribution < 1.29 is 4.79 Å². The van der Waals surface area contributed by atoms with Crippen LogP contribution in [0.4, 0.5) is 0 Å². The van der Waals surface area contributed by atoms with Gasteiger partial charge in [-0.1, -0.05) is 26.2 Å². The first-order valence-electron chi connectivity index (χ1n) is 7.96. The second-order valence-corrected chi connectivity index (χ2v) is 6.18. The number of carbonyl (C=O) groups excluding carboxylic acids is 1. The van der Waals surface area contributed by atoms with Crippen LogP contribution >= 0.6 is 0 Å². The van der Waals surface area contributed by atoms with Crippen LogP contribution in [-0.2, 0) is 4.79 Å². The summed E-state index contributed by atoms with van der Waals surface area (Å²) in [7, 11) is 0. The third-order valence-corrected chi connectivity index (χ3v) is 4.63. The van der Waals surface area contributed by atoms with Gasteiger partial charge in [0.15, 0.2) is 0 Å². The zero-order valence-corrected chi connectivity index (χ0v) is 12.3. The minimum atomic E-state index is -0.478. The Morgan fingerprint density at radius 3 is 2.26 bits per heavy atom. The number of amides is 1. The maximum absolute atomic E-state index is 12.1. The van der Waals surface area contributed by atoms with Gasteiger partial charge in [0.2, 0.25) is 5.91 Å². The number of primary amides is 1. The Labute approximate surface area is 117 Å². The minimum Gasteiger partial charge on any atom is -0.368 e. The van der Waals surface area contributed by atoms with Gasteiger partial charge in [-0.15, -0.1) is 0 Å². The second kappa shape index (κ2) is 6.71. The van der Waals surface area contributed by atoms with Gasteiger partial charge in [0, 0.05) is 6.54 Å². The molecule has 0 bridgehead atoms. The summed E-state index contributed by atoms with van der Waals surface area (Å²) in [5.74, 6) is 0.300. The monoisotopic (exact) mass is 267 g/mol. The Kier molecular flexibility index (Phi) is 5.22. The lowest BCUT2D eigenvalue weighted by molar-refractivity contribution is -0.126. The van der Waals surface area contributed by atoms with E-state index in [9.17, 15) is 4.79 Å². The van der Waals surface area contributed by atoms with Crippen LogP contribution in [0, 0.1) is 5.92 Å². The highest BCUT2D eigenvalue weighted by atomic mass is 16.1. The molecule has 1 unspecified atom stereocenters. The molecule has 1 atom stereocenters. The lowest BCUT2D eigenvalue weighted by Crippen LogP contribution is -2.63. The molecular weight excluding hydrogens is 238 g/mol. The van der Waals surface area contributed by atoms with Crippen LogP contribution < -0.4 is 11.1 Å². The molecule has 1 saturated heterocycles. The predicted octanol–water partition coefficient (Wildman–Crippen LogP) is 1.50. The number of carbonyl (C=O) groups is 1. The van der Waals surface area contributed by atoms with Crippen LogP contribution in [0.2, 0.25) is 0 Å². The highest BCUT2D eigenvalue weighted by molar-refractivity contribution is 5.86. The van der Waals surface area contributed by atoms with Crippen molar-refractivity contribution in [2.24, 2.45) is 11.7 Å². The average molecular weight is 267 g/mol. The van der Waals surface area contributed by atoms with E-state index in [0.29, 0.717) is 5.92 Å². The van der Waals surface area contributed by atoms with Crippen molar-refractivity contribution in [3.05, 3.63) is 0 Å². The van der Waals surface area contributed by atoms with Gasteiger partial charge in [0.25, 0.3) is 0 Å². The topological polar surface area (TPSA) is 58.4 Å². The summed E-state index contributed by atoms with van der Waals surface area (Å²) in [4.78, 5) is 14.5. The summed E-state index contributed by atoms with van der Waals surface area (Å²) in [6, 6.07) is 0. The van der Waals surface area contributed by atoms with Crippen molar-refractivity contribution in [3.8, 4) is 0 Å². The van der Waals surface area contributed by atoms with Crippen LogP contribution in [0.5, 0.6) is 0 Å². The van der Waals surface area contributed by atoms with Gasteiger partial charge in [-0.05, 0) is 51.2 Å².